The third-order valence-corrected chi connectivity index (χ3v) is 4.45. The van der Waals surface area contributed by atoms with Gasteiger partial charge in [-0.2, -0.15) is 0 Å². The first-order valence-corrected chi connectivity index (χ1v) is 8.63. The van der Waals surface area contributed by atoms with Crippen LogP contribution in [-0.2, 0) is 17.8 Å². The van der Waals surface area contributed by atoms with E-state index in [1.165, 1.54) is 16.7 Å². The van der Waals surface area contributed by atoms with E-state index in [9.17, 15) is 0 Å². The Morgan fingerprint density at radius 3 is 2.72 bits per heavy atom. The van der Waals surface area contributed by atoms with E-state index >= 15 is 0 Å². The monoisotopic (exact) mass is 334 g/mol. The van der Waals surface area contributed by atoms with Gasteiger partial charge in [0.2, 0.25) is 0 Å². The zero-order chi connectivity index (χ0) is 17.1. The van der Waals surface area contributed by atoms with Crippen LogP contribution in [0, 0.1) is 6.92 Å². The zero-order valence-electron chi connectivity index (χ0n) is 14.4. The van der Waals surface area contributed by atoms with Crippen LogP contribution in [0.4, 0.5) is 0 Å². The van der Waals surface area contributed by atoms with Crippen molar-refractivity contribution in [1.82, 2.24) is 19.9 Å². The minimum atomic E-state index is -0.119. The second-order valence-electron chi connectivity index (χ2n) is 6.51. The topological polar surface area (TPSA) is 43.2 Å². The van der Waals surface area contributed by atoms with Crippen molar-refractivity contribution in [2.45, 2.75) is 26.2 Å². The Balaban J connectivity index is 1.47. The van der Waals surface area contributed by atoms with Crippen molar-refractivity contribution in [2.75, 3.05) is 13.2 Å². The zero-order valence-corrected chi connectivity index (χ0v) is 14.4. The smallest absolute Gasteiger partial charge is 0.157 e. The number of hydrogen-bond acceptors (Lipinski definition) is 4. The molecule has 0 saturated carbocycles. The molecule has 128 valence electrons. The van der Waals surface area contributed by atoms with Crippen LogP contribution in [0.2, 0.25) is 0 Å². The predicted molar refractivity (Wildman–Crippen MR) is 95.8 cm³/mol. The molecule has 5 heteroatoms. The van der Waals surface area contributed by atoms with E-state index in [0.29, 0.717) is 0 Å². The molecule has 1 fully saturated rings. The lowest BCUT2D eigenvalue weighted by atomic mass is 10.1. The highest BCUT2D eigenvalue weighted by Crippen LogP contribution is 2.27. The lowest BCUT2D eigenvalue weighted by Crippen LogP contribution is -2.23. The first kappa shape index (κ1) is 16.0. The van der Waals surface area contributed by atoms with Crippen LogP contribution in [0.3, 0.4) is 0 Å². The molecule has 0 aliphatic carbocycles. The van der Waals surface area contributed by atoms with E-state index in [1.807, 2.05) is 16.9 Å². The van der Waals surface area contributed by atoms with Crippen LogP contribution < -0.4 is 0 Å². The Labute approximate surface area is 147 Å². The van der Waals surface area contributed by atoms with Crippen molar-refractivity contribution in [1.29, 1.82) is 0 Å². The molecule has 0 radical (unpaired) electrons. The van der Waals surface area contributed by atoms with Gasteiger partial charge in [0.1, 0.15) is 5.69 Å². The van der Waals surface area contributed by atoms with Gasteiger partial charge in [0.05, 0.1) is 19.3 Å². The molecule has 5 nitrogen and oxygen atoms in total. The lowest BCUT2D eigenvalue weighted by molar-refractivity contribution is 0.0252. The molecule has 0 N–H and O–H groups in total. The number of ether oxygens (including phenoxy) is 1. The number of hydrogen-bond donors (Lipinski definition) is 0. The third kappa shape index (κ3) is 3.78. The van der Waals surface area contributed by atoms with Gasteiger partial charge in [0.25, 0.3) is 0 Å². The Hall–Kier alpha value is -2.50. The largest absolute Gasteiger partial charge is 0.356 e. The van der Waals surface area contributed by atoms with E-state index in [2.05, 4.69) is 70.7 Å². The summed E-state index contributed by atoms with van der Waals surface area (Å²) in [5, 5.41) is 8.64. The maximum absolute atomic E-state index is 5.92. The summed E-state index contributed by atoms with van der Waals surface area (Å²) in [6.45, 7) is 5.31. The van der Waals surface area contributed by atoms with E-state index in [-0.39, 0.29) is 6.23 Å². The molecule has 25 heavy (non-hydrogen) atoms. The SMILES string of the molecule is Cc1cccc(Cn2cc([C@@H]3OCCN3Cc3ccccc3)nn2)c1. The molecule has 1 aliphatic heterocycles. The second-order valence-corrected chi connectivity index (χ2v) is 6.51. The third-order valence-electron chi connectivity index (χ3n) is 4.45. The summed E-state index contributed by atoms with van der Waals surface area (Å²) in [7, 11) is 0. The maximum atomic E-state index is 5.92. The average Bonchev–Trinajstić information content (AvgIpc) is 3.25. The van der Waals surface area contributed by atoms with E-state index < -0.39 is 0 Å². The lowest BCUT2D eigenvalue weighted by Gasteiger charge is -2.20. The fraction of sp³-hybridized carbons (Fsp3) is 0.300. The van der Waals surface area contributed by atoms with Crippen LogP contribution in [0.15, 0.2) is 60.8 Å². The van der Waals surface area contributed by atoms with Gasteiger partial charge in [0, 0.05) is 13.1 Å². The van der Waals surface area contributed by atoms with E-state index in [4.69, 9.17) is 4.74 Å². The van der Waals surface area contributed by atoms with Crippen molar-refractivity contribution in [3.05, 3.63) is 83.2 Å². The normalized spacial score (nSPS) is 17.9. The Morgan fingerprint density at radius 2 is 1.88 bits per heavy atom. The molecule has 2 aromatic carbocycles. The quantitative estimate of drug-likeness (QED) is 0.719. The molecular formula is C20H22N4O. The van der Waals surface area contributed by atoms with Gasteiger partial charge < -0.3 is 4.74 Å². The van der Waals surface area contributed by atoms with Crippen molar-refractivity contribution in [2.24, 2.45) is 0 Å². The summed E-state index contributed by atoms with van der Waals surface area (Å²) in [5.74, 6) is 0. The van der Waals surface area contributed by atoms with Crippen molar-refractivity contribution in [3.8, 4) is 0 Å². The van der Waals surface area contributed by atoms with Crippen LogP contribution in [0.5, 0.6) is 0 Å². The number of aryl methyl sites for hydroxylation is 1. The fourth-order valence-corrected chi connectivity index (χ4v) is 3.26. The summed E-state index contributed by atoms with van der Waals surface area (Å²) < 4.78 is 7.80. The van der Waals surface area contributed by atoms with Crippen molar-refractivity contribution >= 4 is 0 Å². The summed E-state index contributed by atoms with van der Waals surface area (Å²) in [6.07, 6.45) is 1.88. The minimum absolute atomic E-state index is 0.119. The second kappa shape index (κ2) is 7.17. The van der Waals surface area contributed by atoms with Crippen LogP contribution >= 0.6 is 0 Å². The van der Waals surface area contributed by atoms with Gasteiger partial charge in [-0.3, -0.25) is 4.90 Å². The summed E-state index contributed by atoms with van der Waals surface area (Å²) in [5.41, 5.74) is 4.64. The van der Waals surface area contributed by atoms with E-state index in [0.717, 1.165) is 31.9 Å². The molecule has 4 rings (SSSR count). The number of benzene rings is 2. The van der Waals surface area contributed by atoms with Crippen LogP contribution in [0.25, 0.3) is 0 Å². The molecule has 1 saturated heterocycles. The molecule has 3 aromatic rings. The predicted octanol–water partition coefficient (Wildman–Crippen LogP) is 3.17. The van der Waals surface area contributed by atoms with Gasteiger partial charge in [-0.05, 0) is 18.1 Å². The highest BCUT2D eigenvalue weighted by atomic mass is 16.5. The Bertz CT molecular complexity index is 830. The molecular weight excluding hydrogens is 312 g/mol. The van der Waals surface area contributed by atoms with Crippen LogP contribution in [-0.4, -0.2) is 33.0 Å². The van der Waals surface area contributed by atoms with Crippen molar-refractivity contribution in [3.63, 3.8) is 0 Å². The molecule has 0 spiro atoms. The molecule has 0 unspecified atom stereocenters. The van der Waals surface area contributed by atoms with Gasteiger partial charge in [-0.15, -0.1) is 5.10 Å². The summed E-state index contributed by atoms with van der Waals surface area (Å²) in [4.78, 5) is 2.30. The summed E-state index contributed by atoms with van der Waals surface area (Å²) in [6, 6.07) is 18.9. The number of rotatable bonds is 5. The van der Waals surface area contributed by atoms with E-state index in [1.54, 1.807) is 0 Å². The minimum Gasteiger partial charge on any atom is -0.356 e. The fourth-order valence-electron chi connectivity index (χ4n) is 3.26. The van der Waals surface area contributed by atoms with Crippen LogP contribution in [0.1, 0.15) is 28.6 Å². The molecule has 1 aliphatic rings. The van der Waals surface area contributed by atoms with Gasteiger partial charge >= 0.3 is 0 Å². The highest BCUT2D eigenvalue weighted by molar-refractivity contribution is 5.22. The summed E-state index contributed by atoms with van der Waals surface area (Å²) >= 11 is 0. The first-order chi connectivity index (χ1) is 12.3. The first-order valence-electron chi connectivity index (χ1n) is 8.63. The Kier molecular flexibility index (Phi) is 4.59. The average molecular weight is 334 g/mol. The molecule has 1 aromatic heterocycles. The maximum Gasteiger partial charge on any atom is 0.157 e. The van der Waals surface area contributed by atoms with Gasteiger partial charge in [-0.1, -0.05) is 65.4 Å². The van der Waals surface area contributed by atoms with Gasteiger partial charge in [0.15, 0.2) is 6.23 Å². The van der Waals surface area contributed by atoms with Gasteiger partial charge in [-0.25, -0.2) is 4.68 Å². The Morgan fingerprint density at radius 1 is 1.04 bits per heavy atom. The van der Waals surface area contributed by atoms with Crippen molar-refractivity contribution < 1.29 is 4.74 Å². The molecule has 1 atom stereocenters. The standard InChI is InChI=1S/C20H22N4O/c1-16-6-5-9-18(12-16)14-24-15-19(21-22-24)20-23(10-11-25-20)13-17-7-3-2-4-8-17/h2-9,12,15,20H,10-11,13-14H2,1H3/t20-/m0/s1. The number of nitrogens with zero attached hydrogens (tertiary/aromatic N) is 4. The molecule has 2 heterocycles. The number of aromatic nitrogens is 3. The molecule has 0 bridgehead atoms. The molecule has 0 amide bonds. The highest BCUT2D eigenvalue weighted by Gasteiger charge is 2.29.